The number of benzene rings is 1. The van der Waals surface area contributed by atoms with Gasteiger partial charge in [0.2, 0.25) is 5.91 Å². The molecule has 4 heteroatoms. The number of fused-ring (bicyclic) bond motifs is 1. The van der Waals surface area contributed by atoms with Crippen molar-refractivity contribution in [1.29, 1.82) is 0 Å². The monoisotopic (exact) mass is 287 g/mol. The lowest BCUT2D eigenvalue weighted by Crippen LogP contribution is -2.53. The smallest absolute Gasteiger partial charge is 0.230 e. The molecule has 4 nitrogen and oxygen atoms in total. The standard InChI is InChI=1S/C17H25N3O/c1-12-10-15(14-6-4-5-7-16(14)18-12)17(21)20-9-8-19(3)13(2)11-20/h4-7,12-13,15,18H,8-11H2,1-3H3. The molecule has 1 aromatic carbocycles. The van der Waals surface area contributed by atoms with Crippen molar-refractivity contribution in [3.8, 4) is 0 Å². The van der Waals surface area contributed by atoms with Gasteiger partial charge in [0.25, 0.3) is 0 Å². The average molecular weight is 287 g/mol. The Morgan fingerprint density at radius 3 is 2.76 bits per heavy atom. The first-order valence-corrected chi connectivity index (χ1v) is 7.90. The highest BCUT2D eigenvalue weighted by molar-refractivity contribution is 5.86. The fourth-order valence-electron chi connectivity index (χ4n) is 3.44. The summed E-state index contributed by atoms with van der Waals surface area (Å²) < 4.78 is 0. The number of amides is 1. The first-order chi connectivity index (χ1) is 10.1. The van der Waals surface area contributed by atoms with Crippen LogP contribution in [0.2, 0.25) is 0 Å². The molecule has 2 aliphatic heterocycles. The minimum atomic E-state index is 0.00746. The molecule has 1 N–H and O–H groups in total. The van der Waals surface area contributed by atoms with Gasteiger partial charge in [0.15, 0.2) is 0 Å². The van der Waals surface area contributed by atoms with E-state index in [-0.39, 0.29) is 5.92 Å². The van der Waals surface area contributed by atoms with Crippen molar-refractivity contribution in [3.05, 3.63) is 29.8 Å². The molecule has 0 saturated carbocycles. The Morgan fingerprint density at radius 1 is 1.24 bits per heavy atom. The van der Waals surface area contributed by atoms with Crippen LogP contribution in [0.5, 0.6) is 0 Å². The zero-order chi connectivity index (χ0) is 15.0. The molecule has 3 unspecified atom stereocenters. The van der Waals surface area contributed by atoms with E-state index >= 15 is 0 Å². The zero-order valence-corrected chi connectivity index (χ0v) is 13.2. The van der Waals surface area contributed by atoms with Crippen LogP contribution < -0.4 is 5.32 Å². The average Bonchev–Trinajstić information content (AvgIpc) is 2.48. The molecule has 0 radical (unpaired) electrons. The van der Waals surface area contributed by atoms with Crippen LogP contribution in [-0.4, -0.2) is 54.5 Å². The van der Waals surface area contributed by atoms with Gasteiger partial charge < -0.3 is 15.1 Å². The highest BCUT2D eigenvalue weighted by atomic mass is 16.2. The summed E-state index contributed by atoms with van der Waals surface area (Å²) in [7, 11) is 2.13. The highest BCUT2D eigenvalue weighted by Gasteiger charge is 2.34. The van der Waals surface area contributed by atoms with E-state index in [0.717, 1.165) is 37.3 Å². The number of hydrogen-bond acceptors (Lipinski definition) is 3. The predicted molar refractivity (Wildman–Crippen MR) is 85.6 cm³/mol. The minimum Gasteiger partial charge on any atom is -0.382 e. The molecule has 2 aliphatic rings. The minimum absolute atomic E-state index is 0.00746. The largest absolute Gasteiger partial charge is 0.382 e. The van der Waals surface area contributed by atoms with Crippen LogP contribution >= 0.6 is 0 Å². The number of para-hydroxylation sites is 1. The molecule has 21 heavy (non-hydrogen) atoms. The summed E-state index contributed by atoms with van der Waals surface area (Å²) in [5.74, 6) is 0.309. The van der Waals surface area contributed by atoms with Gasteiger partial charge in [0, 0.05) is 37.4 Å². The molecule has 0 aromatic heterocycles. The SMILES string of the molecule is CC1CC(C(=O)N2CCN(C)C(C)C2)c2ccccc2N1. The first kappa shape index (κ1) is 14.4. The number of carbonyl (C=O) groups excluding carboxylic acids is 1. The molecule has 0 bridgehead atoms. The Hall–Kier alpha value is -1.55. The van der Waals surface area contributed by atoms with Gasteiger partial charge in [0.05, 0.1) is 5.92 Å². The lowest BCUT2D eigenvalue weighted by molar-refractivity contribution is -0.135. The third-order valence-corrected chi connectivity index (χ3v) is 4.90. The van der Waals surface area contributed by atoms with Crippen LogP contribution in [0.1, 0.15) is 31.7 Å². The number of likely N-dealkylation sites (N-methyl/N-ethyl adjacent to an activating group) is 1. The number of piperazine rings is 1. The quantitative estimate of drug-likeness (QED) is 0.859. The normalized spacial score (nSPS) is 29.7. The lowest BCUT2D eigenvalue weighted by Gasteiger charge is -2.40. The van der Waals surface area contributed by atoms with Gasteiger partial charge in [-0.15, -0.1) is 0 Å². The molecule has 1 fully saturated rings. The molecule has 0 aliphatic carbocycles. The predicted octanol–water partition coefficient (Wildman–Crippen LogP) is 2.14. The van der Waals surface area contributed by atoms with Crippen molar-refractivity contribution in [3.63, 3.8) is 0 Å². The zero-order valence-electron chi connectivity index (χ0n) is 13.2. The fraction of sp³-hybridized carbons (Fsp3) is 0.588. The summed E-state index contributed by atoms with van der Waals surface area (Å²) in [6, 6.07) is 9.02. The number of nitrogens with zero attached hydrogens (tertiary/aromatic N) is 2. The van der Waals surface area contributed by atoms with Crippen molar-refractivity contribution >= 4 is 11.6 Å². The van der Waals surface area contributed by atoms with E-state index in [0.29, 0.717) is 18.0 Å². The van der Waals surface area contributed by atoms with Crippen LogP contribution in [0, 0.1) is 0 Å². The summed E-state index contributed by atoms with van der Waals surface area (Å²) in [6.45, 7) is 7.01. The van der Waals surface area contributed by atoms with Gasteiger partial charge in [-0.25, -0.2) is 0 Å². The Morgan fingerprint density at radius 2 is 2.00 bits per heavy atom. The maximum absolute atomic E-state index is 13.0. The van der Waals surface area contributed by atoms with Gasteiger partial charge in [-0.3, -0.25) is 4.79 Å². The second-order valence-corrected chi connectivity index (χ2v) is 6.53. The summed E-state index contributed by atoms with van der Waals surface area (Å²) in [6.07, 6.45) is 0.885. The van der Waals surface area contributed by atoms with Crippen LogP contribution in [0.3, 0.4) is 0 Å². The van der Waals surface area contributed by atoms with Crippen LogP contribution in [-0.2, 0) is 4.79 Å². The van der Waals surface area contributed by atoms with Crippen molar-refractivity contribution in [2.75, 3.05) is 32.0 Å². The number of carbonyl (C=O) groups is 1. The van der Waals surface area contributed by atoms with E-state index in [9.17, 15) is 4.79 Å². The fourth-order valence-corrected chi connectivity index (χ4v) is 3.44. The van der Waals surface area contributed by atoms with E-state index < -0.39 is 0 Å². The molecule has 3 rings (SSSR count). The first-order valence-electron chi connectivity index (χ1n) is 7.90. The van der Waals surface area contributed by atoms with Crippen molar-refractivity contribution < 1.29 is 4.79 Å². The molecule has 2 heterocycles. The molecule has 1 aromatic rings. The van der Waals surface area contributed by atoms with E-state index in [1.54, 1.807) is 0 Å². The highest BCUT2D eigenvalue weighted by Crippen LogP contribution is 2.35. The second kappa shape index (κ2) is 5.68. The van der Waals surface area contributed by atoms with Crippen LogP contribution in [0.4, 0.5) is 5.69 Å². The Bertz CT molecular complexity index is 531. The van der Waals surface area contributed by atoms with Gasteiger partial charge in [-0.2, -0.15) is 0 Å². The van der Waals surface area contributed by atoms with Gasteiger partial charge >= 0.3 is 0 Å². The van der Waals surface area contributed by atoms with Gasteiger partial charge in [0.1, 0.15) is 0 Å². The van der Waals surface area contributed by atoms with Gasteiger partial charge in [-0.1, -0.05) is 18.2 Å². The summed E-state index contributed by atoms with van der Waals surface area (Å²) in [5.41, 5.74) is 2.28. The molecule has 0 spiro atoms. The topological polar surface area (TPSA) is 35.6 Å². The number of hydrogen-bond donors (Lipinski definition) is 1. The Kier molecular flexibility index (Phi) is 3.89. The molecule has 1 amide bonds. The van der Waals surface area contributed by atoms with Gasteiger partial charge in [-0.05, 0) is 38.9 Å². The maximum Gasteiger partial charge on any atom is 0.230 e. The number of anilines is 1. The number of rotatable bonds is 1. The Balaban J connectivity index is 1.82. The second-order valence-electron chi connectivity index (χ2n) is 6.53. The number of nitrogens with one attached hydrogen (secondary N) is 1. The lowest BCUT2D eigenvalue weighted by atomic mass is 9.86. The van der Waals surface area contributed by atoms with E-state index in [1.165, 1.54) is 0 Å². The van der Waals surface area contributed by atoms with E-state index in [4.69, 9.17) is 0 Å². The molecule has 3 atom stereocenters. The van der Waals surface area contributed by atoms with Crippen molar-refractivity contribution in [2.24, 2.45) is 0 Å². The summed E-state index contributed by atoms with van der Waals surface area (Å²) >= 11 is 0. The van der Waals surface area contributed by atoms with Crippen LogP contribution in [0.15, 0.2) is 24.3 Å². The third-order valence-electron chi connectivity index (χ3n) is 4.90. The van der Waals surface area contributed by atoms with Crippen LogP contribution in [0.25, 0.3) is 0 Å². The molecule has 1 saturated heterocycles. The van der Waals surface area contributed by atoms with Crippen molar-refractivity contribution in [2.45, 2.75) is 38.3 Å². The van der Waals surface area contributed by atoms with E-state index in [1.807, 2.05) is 12.1 Å². The van der Waals surface area contributed by atoms with E-state index in [2.05, 4.69) is 48.1 Å². The third kappa shape index (κ3) is 2.77. The summed E-state index contributed by atoms with van der Waals surface area (Å²) in [4.78, 5) is 17.4. The molecular weight excluding hydrogens is 262 g/mol. The molecule has 114 valence electrons. The Labute approximate surface area is 127 Å². The summed E-state index contributed by atoms with van der Waals surface area (Å²) in [5, 5.41) is 3.48. The maximum atomic E-state index is 13.0. The van der Waals surface area contributed by atoms with Crippen molar-refractivity contribution in [1.82, 2.24) is 9.80 Å². The molecular formula is C17H25N3O.